The third-order valence-electron chi connectivity index (χ3n) is 2.48. The van der Waals surface area contributed by atoms with E-state index in [2.05, 4.69) is 20.2 Å². The first kappa shape index (κ1) is 8.98. The summed E-state index contributed by atoms with van der Waals surface area (Å²) in [6.45, 7) is 0. The topological polar surface area (TPSA) is 80.9 Å². The van der Waals surface area contributed by atoms with E-state index in [4.69, 9.17) is 5.73 Å². The molecule has 0 spiro atoms. The lowest BCUT2D eigenvalue weighted by Gasteiger charge is -2.21. The van der Waals surface area contributed by atoms with E-state index in [-0.39, 0.29) is 10.6 Å². The second kappa shape index (κ2) is 2.86. The Kier molecular flexibility index (Phi) is 1.61. The van der Waals surface area contributed by atoms with Crippen LogP contribution in [-0.2, 0) is 7.05 Å². The lowest BCUT2D eigenvalue weighted by atomic mass is 10.4. The van der Waals surface area contributed by atoms with Crippen molar-refractivity contribution in [2.24, 2.45) is 27.9 Å². The maximum absolute atomic E-state index is 5.65. The van der Waals surface area contributed by atoms with Gasteiger partial charge in [0.25, 0.3) is 11.8 Å². The quantitative estimate of drug-likeness (QED) is 0.666. The van der Waals surface area contributed by atoms with Gasteiger partial charge in [-0.3, -0.25) is 9.67 Å². The highest BCUT2D eigenvalue weighted by molar-refractivity contribution is 6.37. The molecule has 0 saturated heterocycles. The largest absolute Gasteiger partial charge is 0.363 e. The van der Waals surface area contributed by atoms with Crippen molar-refractivity contribution in [3.05, 3.63) is 24.8 Å². The van der Waals surface area contributed by atoms with Crippen molar-refractivity contribution in [2.75, 3.05) is 0 Å². The van der Waals surface area contributed by atoms with Crippen molar-refractivity contribution in [3.63, 3.8) is 0 Å². The fraction of sp³-hybridized carbons (Fsp3) is 0.111. The van der Waals surface area contributed by atoms with E-state index in [0.29, 0.717) is 5.84 Å². The van der Waals surface area contributed by atoms with Crippen molar-refractivity contribution in [3.8, 4) is 0 Å². The van der Waals surface area contributed by atoms with Crippen LogP contribution in [0, 0.1) is 0 Å². The molecule has 3 rings (SSSR count). The van der Waals surface area contributed by atoms with E-state index in [9.17, 15) is 0 Å². The lowest BCUT2D eigenvalue weighted by molar-refractivity contribution is 0.591. The van der Waals surface area contributed by atoms with E-state index in [1.807, 2.05) is 19.4 Å². The fourth-order valence-electron chi connectivity index (χ4n) is 1.76. The van der Waals surface area contributed by atoms with Crippen molar-refractivity contribution in [2.45, 2.75) is 0 Å². The monoisotopic (exact) mass is 216 g/mol. The molecule has 16 heavy (non-hydrogen) atoms. The van der Waals surface area contributed by atoms with E-state index in [0.717, 1.165) is 5.69 Å². The molecule has 7 heteroatoms. The molecule has 0 aliphatic carbocycles. The molecule has 80 valence electrons. The van der Waals surface area contributed by atoms with E-state index < -0.39 is 0 Å². The summed E-state index contributed by atoms with van der Waals surface area (Å²) >= 11 is 0. The Balaban J connectivity index is 2.20. The molecule has 0 fully saturated rings. The molecule has 0 bridgehead atoms. The first-order chi connectivity index (χ1) is 7.71. The summed E-state index contributed by atoms with van der Waals surface area (Å²) in [5, 5.41) is 8.45. The maximum atomic E-state index is 5.65. The molecule has 3 heterocycles. The highest BCUT2D eigenvalue weighted by Gasteiger charge is 2.42. The average Bonchev–Trinajstić information content (AvgIpc) is 2.81. The zero-order valence-corrected chi connectivity index (χ0v) is 8.65. The molecule has 1 unspecified atom stereocenters. The smallest absolute Gasteiger partial charge is 0.286 e. The number of nitrogens with two attached hydrogens (primary N) is 1. The number of aromatic nitrogens is 2. The predicted octanol–water partition coefficient (Wildman–Crippen LogP) is -0.0752. The Labute approximate surface area is 91.5 Å². The molecular formula is C9H10N7+. The number of hydrogen-bond acceptors (Lipinski definition) is 5. The third kappa shape index (κ3) is 1.06. The molecule has 2 aliphatic rings. The van der Waals surface area contributed by atoms with Crippen LogP contribution in [0.25, 0.3) is 0 Å². The standard InChI is InChI=1S/C9H10N7/c1-15-6-7(4-12-15)16-3-2-11-5-8(16)13-9(10)14-16/h2-6H,1H3,(H2,10,14)/q+1. The summed E-state index contributed by atoms with van der Waals surface area (Å²) in [5.41, 5.74) is 6.53. The molecule has 0 aromatic carbocycles. The minimum Gasteiger partial charge on any atom is -0.363 e. The lowest BCUT2D eigenvalue weighted by Crippen LogP contribution is -2.44. The maximum Gasteiger partial charge on any atom is 0.286 e. The van der Waals surface area contributed by atoms with Gasteiger partial charge >= 0.3 is 0 Å². The highest BCUT2D eigenvalue weighted by atomic mass is 15.7. The summed E-state index contributed by atoms with van der Waals surface area (Å²) in [6.07, 6.45) is 8.75. The predicted molar refractivity (Wildman–Crippen MR) is 61.7 cm³/mol. The molecule has 2 N–H and O–H groups in total. The molecule has 1 aromatic rings. The summed E-state index contributed by atoms with van der Waals surface area (Å²) < 4.78 is 1.83. The number of rotatable bonds is 1. The van der Waals surface area contributed by atoms with Gasteiger partial charge in [-0.15, -0.1) is 0 Å². The molecule has 0 saturated carbocycles. The van der Waals surface area contributed by atoms with Crippen LogP contribution in [0.5, 0.6) is 0 Å². The third-order valence-corrected chi connectivity index (χ3v) is 2.48. The van der Waals surface area contributed by atoms with Crippen molar-refractivity contribution < 1.29 is 0 Å². The number of aliphatic imine (C=N–C) groups is 2. The van der Waals surface area contributed by atoms with Gasteiger partial charge in [0.05, 0.1) is 12.4 Å². The Morgan fingerprint density at radius 1 is 1.44 bits per heavy atom. The van der Waals surface area contributed by atoms with Crippen LogP contribution >= 0.6 is 0 Å². The van der Waals surface area contributed by atoms with Crippen LogP contribution in [0.2, 0.25) is 0 Å². The van der Waals surface area contributed by atoms with Gasteiger partial charge in [-0.2, -0.15) is 10.1 Å². The first-order valence-corrected chi connectivity index (χ1v) is 4.74. The van der Waals surface area contributed by atoms with E-state index in [1.54, 1.807) is 23.3 Å². The minimum absolute atomic E-state index is 0.114. The summed E-state index contributed by atoms with van der Waals surface area (Å²) in [5.74, 6) is 0.921. The van der Waals surface area contributed by atoms with Gasteiger partial charge in [0.15, 0.2) is 6.20 Å². The molecule has 0 amide bonds. The van der Waals surface area contributed by atoms with Crippen LogP contribution < -0.4 is 10.3 Å². The Hall–Kier alpha value is -2.28. The van der Waals surface area contributed by atoms with E-state index in [1.165, 1.54) is 0 Å². The Morgan fingerprint density at radius 2 is 2.31 bits per heavy atom. The van der Waals surface area contributed by atoms with Crippen molar-refractivity contribution >= 4 is 23.7 Å². The summed E-state index contributed by atoms with van der Waals surface area (Å²) in [7, 11) is 1.85. The second-order valence-electron chi connectivity index (χ2n) is 3.56. The first-order valence-electron chi connectivity index (χ1n) is 4.74. The van der Waals surface area contributed by atoms with Crippen LogP contribution in [0.3, 0.4) is 0 Å². The van der Waals surface area contributed by atoms with Crippen LogP contribution in [0.4, 0.5) is 5.69 Å². The Morgan fingerprint density at radius 3 is 3.06 bits per heavy atom. The normalized spacial score (nSPS) is 26.6. The highest BCUT2D eigenvalue weighted by Crippen LogP contribution is 2.29. The van der Waals surface area contributed by atoms with Gasteiger partial charge in [-0.05, 0) is 5.10 Å². The number of fused-ring (bicyclic) bond motifs is 1. The number of quaternary nitrogens is 1. The minimum atomic E-state index is 0.114. The zero-order chi connectivity index (χ0) is 11.2. The molecule has 1 atom stereocenters. The number of guanidine groups is 1. The molecule has 7 nitrogen and oxygen atoms in total. The summed E-state index contributed by atoms with van der Waals surface area (Å²) in [6, 6.07) is 0. The summed E-state index contributed by atoms with van der Waals surface area (Å²) in [4.78, 5) is 8.17. The average molecular weight is 216 g/mol. The van der Waals surface area contributed by atoms with Gasteiger partial charge in [0.2, 0.25) is 5.69 Å². The van der Waals surface area contributed by atoms with Crippen LogP contribution in [0.1, 0.15) is 0 Å². The molecule has 1 aromatic heterocycles. The Bertz CT molecular complexity index is 562. The molecule has 2 aliphatic heterocycles. The van der Waals surface area contributed by atoms with Crippen LogP contribution in [0.15, 0.2) is 39.9 Å². The fourth-order valence-corrected chi connectivity index (χ4v) is 1.76. The van der Waals surface area contributed by atoms with Crippen molar-refractivity contribution in [1.82, 2.24) is 14.4 Å². The van der Waals surface area contributed by atoms with Gasteiger partial charge in [-0.25, -0.2) is 0 Å². The molecule has 0 radical (unpaired) electrons. The number of aryl methyl sites for hydroxylation is 1. The zero-order valence-electron chi connectivity index (χ0n) is 8.65. The second-order valence-corrected chi connectivity index (χ2v) is 3.56. The number of amidine groups is 1. The van der Waals surface area contributed by atoms with Gasteiger partial charge in [0, 0.05) is 7.05 Å². The van der Waals surface area contributed by atoms with Crippen LogP contribution in [-0.4, -0.2) is 27.8 Å². The van der Waals surface area contributed by atoms with Gasteiger partial charge in [0.1, 0.15) is 12.4 Å². The molecular weight excluding hydrogens is 206 g/mol. The SMILES string of the molecule is Cn1cc([N+]23C=CN=CC2=NC(N)=N3)cn1. The number of nitrogens with zero attached hydrogens (tertiary/aromatic N) is 6. The van der Waals surface area contributed by atoms with Gasteiger partial charge in [-0.1, -0.05) is 4.59 Å². The van der Waals surface area contributed by atoms with Gasteiger partial charge < -0.3 is 5.73 Å². The van der Waals surface area contributed by atoms with E-state index >= 15 is 0 Å². The number of hydrogen-bond donors (Lipinski definition) is 1. The van der Waals surface area contributed by atoms with Crippen molar-refractivity contribution in [1.29, 1.82) is 0 Å².